The van der Waals surface area contributed by atoms with Crippen molar-refractivity contribution in [1.82, 2.24) is 10.0 Å². The highest BCUT2D eigenvalue weighted by Crippen LogP contribution is 2.25. The molecule has 3 rings (SSSR count). The van der Waals surface area contributed by atoms with E-state index < -0.39 is 10.0 Å². The van der Waals surface area contributed by atoms with Crippen molar-refractivity contribution in [2.24, 2.45) is 5.73 Å². The molecule has 0 saturated heterocycles. The monoisotopic (exact) mass is 450 g/mol. The zero-order valence-corrected chi connectivity index (χ0v) is 18.7. The SMILES string of the molecule is CC(C)NS(=O)(=O)c1ccc(-c2ccccc2C(=O)NCc2ccc(C(=N)N)cc2)cc1. The van der Waals surface area contributed by atoms with E-state index >= 15 is 0 Å². The van der Waals surface area contributed by atoms with Gasteiger partial charge in [0.05, 0.1) is 4.90 Å². The van der Waals surface area contributed by atoms with E-state index in [9.17, 15) is 13.2 Å². The van der Waals surface area contributed by atoms with E-state index in [1.54, 1.807) is 50.2 Å². The molecule has 0 bridgehead atoms. The summed E-state index contributed by atoms with van der Waals surface area (Å²) in [6, 6.07) is 20.5. The van der Waals surface area contributed by atoms with Gasteiger partial charge in [0.2, 0.25) is 10.0 Å². The van der Waals surface area contributed by atoms with Crippen LogP contribution in [0.15, 0.2) is 77.7 Å². The van der Waals surface area contributed by atoms with Gasteiger partial charge in [0, 0.05) is 23.7 Å². The van der Waals surface area contributed by atoms with Gasteiger partial charge in [0.15, 0.2) is 0 Å². The van der Waals surface area contributed by atoms with Gasteiger partial charge in [-0.05, 0) is 48.7 Å². The maximum Gasteiger partial charge on any atom is 0.252 e. The summed E-state index contributed by atoms with van der Waals surface area (Å²) in [4.78, 5) is 13.0. The minimum atomic E-state index is -3.58. The number of carbonyl (C=O) groups excluding carboxylic acids is 1. The van der Waals surface area contributed by atoms with Gasteiger partial charge < -0.3 is 11.1 Å². The van der Waals surface area contributed by atoms with Crippen molar-refractivity contribution in [3.8, 4) is 11.1 Å². The Morgan fingerprint density at radius 1 is 0.969 bits per heavy atom. The van der Waals surface area contributed by atoms with Gasteiger partial charge in [0.1, 0.15) is 5.84 Å². The van der Waals surface area contributed by atoms with Gasteiger partial charge in [-0.15, -0.1) is 0 Å². The van der Waals surface area contributed by atoms with Crippen LogP contribution in [-0.2, 0) is 16.6 Å². The van der Waals surface area contributed by atoms with Crippen molar-refractivity contribution >= 4 is 21.8 Å². The second-order valence-corrected chi connectivity index (χ2v) is 9.35. The Hall–Kier alpha value is -3.49. The smallest absolute Gasteiger partial charge is 0.252 e. The summed E-state index contributed by atoms with van der Waals surface area (Å²) < 4.78 is 27.3. The number of amides is 1. The van der Waals surface area contributed by atoms with Crippen LogP contribution in [0.1, 0.15) is 35.3 Å². The molecule has 0 aliphatic heterocycles. The lowest BCUT2D eigenvalue weighted by Crippen LogP contribution is -2.30. The number of carbonyl (C=O) groups is 1. The molecular weight excluding hydrogens is 424 g/mol. The van der Waals surface area contributed by atoms with Crippen LogP contribution in [0.25, 0.3) is 11.1 Å². The maximum atomic E-state index is 12.9. The van der Waals surface area contributed by atoms with Crippen molar-refractivity contribution < 1.29 is 13.2 Å². The van der Waals surface area contributed by atoms with E-state index in [1.165, 1.54) is 12.1 Å². The van der Waals surface area contributed by atoms with E-state index in [2.05, 4.69) is 10.0 Å². The molecular formula is C24H26N4O3S. The molecule has 0 spiro atoms. The third-order valence-corrected chi connectivity index (χ3v) is 6.43. The van der Waals surface area contributed by atoms with E-state index in [4.69, 9.17) is 11.1 Å². The molecule has 0 unspecified atom stereocenters. The number of hydrogen-bond donors (Lipinski definition) is 4. The Morgan fingerprint density at radius 2 is 1.59 bits per heavy atom. The molecule has 0 aliphatic carbocycles. The molecule has 0 saturated carbocycles. The minimum absolute atomic E-state index is 0.00619. The summed E-state index contributed by atoms with van der Waals surface area (Å²) in [5.41, 5.74) is 8.91. The fraction of sp³-hybridized carbons (Fsp3) is 0.167. The molecule has 3 aromatic rings. The van der Waals surface area contributed by atoms with Crippen LogP contribution in [0.2, 0.25) is 0 Å². The van der Waals surface area contributed by atoms with Gasteiger partial charge in [-0.2, -0.15) is 0 Å². The summed E-state index contributed by atoms with van der Waals surface area (Å²) in [5.74, 6) is -0.247. The predicted octanol–water partition coefficient (Wildman–Crippen LogP) is 3.25. The highest BCUT2D eigenvalue weighted by molar-refractivity contribution is 7.89. The molecule has 0 aromatic heterocycles. The van der Waals surface area contributed by atoms with Crippen molar-refractivity contribution in [3.63, 3.8) is 0 Å². The molecule has 5 N–H and O–H groups in total. The van der Waals surface area contributed by atoms with E-state index in [0.29, 0.717) is 23.2 Å². The van der Waals surface area contributed by atoms with Gasteiger partial charge in [-0.1, -0.05) is 54.6 Å². The number of hydrogen-bond acceptors (Lipinski definition) is 4. The molecule has 8 heteroatoms. The summed E-state index contributed by atoms with van der Waals surface area (Å²) in [6.07, 6.45) is 0. The molecule has 0 heterocycles. The Balaban J connectivity index is 1.78. The summed E-state index contributed by atoms with van der Waals surface area (Å²) in [6.45, 7) is 3.85. The molecule has 1 amide bonds. The van der Waals surface area contributed by atoms with Crippen LogP contribution in [0, 0.1) is 5.41 Å². The van der Waals surface area contributed by atoms with Crippen molar-refractivity contribution in [2.75, 3.05) is 0 Å². The Morgan fingerprint density at radius 3 is 2.19 bits per heavy atom. The van der Waals surface area contributed by atoms with Crippen LogP contribution < -0.4 is 15.8 Å². The first-order chi connectivity index (χ1) is 15.2. The van der Waals surface area contributed by atoms with E-state index in [-0.39, 0.29) is 22.7 Å². The largest absolute Gasteiger partial charge is 0.384 e. The highest BCUT2D eigenvalue weighted by Gasteiger charge is 2.17. The average Bonchev–Trinajstić information content (AvgIpc) is 2.77. The van der Waals surface area contributed by atoms with Gasteiger partial charge in [0.25, 0.3) is 5.91 Å². The van der Waals surface area contributed by atoms with Crippen molar-refractivity contribution in [3.05, 3.63) is 89.5 Å². The first-order valence-electron chi connectivity index (χ1n) is 10.1. The Labute approximate surface area is 188 Å². The number of nitrogen functional groups attached to an aromatic ring is 1. The van der Waals surface area contributed by atoms with Crippen LogP contribution >= 0.6 is 0 Å². The molecule has 0 aliphatic rings. The van der Waals surface area contributed by atoms with E-state index in [1.807, 2.05) is 24.3 Å². The third-order valence-electron chi connectivity index (χ3n) is 4.76. The number of amidine groups is 1. The lowest BCUT2D eigenvalue weighted by molar-refractivity contribution is 0.0951. The summed E-state index contributed by atoms with van der Waals surface area (Å²) in [5, 5.41) is 10.3. The minimum Gasteiger partial charge on any atom is -0.384 e. The molecule has 7 nitrogen and oxygen atoms in total. The number of rotatable bonds is 8. The molecule has 166 valence electrons. The van der Waals surface area contributed by atoms with Crippen LogP contribution in [0.5, 0.6) is 0 Å². The normalized spacial score (nSPS) is 11.3. The van der Waals surface area contributed by atoms with Gasteiger partial charge in [-0.25, -0.2) is 13.1 Å². The Bertz CT molecular complexity index is 1220. The van der Waals surface area contributed by atoms with Crippen LogP contribution in [0.4, 0.5) is 0 Å². The fourth-order valence-corrected chi connectivity index (χ4v) is 4.46. The molecule has 0 atom stereocenters. The number of nitrogens with one attached hydrogen (secondary N) is 3. The van der Waals surface area contributed by atoms with Gasteiger partial charge in [-0.3, -0.25) is 10.2 Å². The first kappa shape index (κ1) is 23.2. The predicted molar refractivity (Wildman–Crippen MR) is 126 cm³/mol. The average molecular weight is 451 g/mol. The number of benzene rings is 3. The quantitative estimate of drug-likeness (QED) is 0.310. The fourth-order valence-electron chi connectivity index (χ4n) is 3.20. The maximum absolute atomic E-state index is 12.9. The Kier molecular flexibility index (Phi) is 7.07. The molecule has 0 radical (unpaired) electrons. The number of nitrogens with two attached hydrogens (primary N) is 1. The third kappa shape index (κ3) is 5.60. The van der Waals surface area contributed by atoms with Gasteiger partial charge >= 0.3 is 0 Å². The second-order valence-electron chi connectivity index (χ2n) is 7.64. The lowest BCUT2D eigenvalue weighted by Gasteiger charge is -2.12. The highest BCUT2D eigenvalue weighted by atomic mass is 32.2. The van der Waals surface area contributed by atoms with E-state index in [0.717, 1.165) is 11.1 Å². The zero-order valence-electron chi connectivity index (χ0n) is 17.9. The topological polar surface area (TPSA) is 125 Å². The standard InChI is InChI=1S/C24H26N4O3S/c1-16(2)28-32(30,31)20-13-11-18(12-14-20)21-5-3-4-6-22(21)24(29)27-15-17-7-9-19(10-8-17)23(25)26/h3-14,16,28H,15H2,1-2H3,(H3,25,26)(H,27,29). The molecule has 32 heavy (non-hydrogen) atoms. The van der Waals surface area contributed by atoms with Crippen LogP contribution in [0.3, 0.4) is 0 Å². The lowest BCUT2D eigenvalue weighted by atomic mass is 9.99. The van der Waals surface area contributed by atoms with Crippen LogP contribution in [-0.4, -0.2) is 26.2 Å². The van der Waals surface area contributed by atoms with Crippen molar-refractivity contribution in [2.45, 2.75) is 31.3 Å². The molecule has 3 aromatic carbocycles. The summed E-state index contributed by atoms with van der Waals surface area (Å²) >= 11 is 0. The first-order valence-corrected chi connectivity index (χ1v) is 11.6. The second kappa shape index (κ2) is 9.76. The van der Waals surface area contributed by atoms with Crippen molar-refractivity contribution in [1.29, 1.82) is 5.41 Å². The zero-order chi connectivity index (χ0) is 23.3. The molecule has 0 fully saturated rings. The summed E-state index contributed by atoms with van der Waals surface area (Å²) in [7, 11) is -3.58. The number of sulfonamides is 1.